The van der Waals surface area contributed by atoms with E-state index in [2.05, 4.69) is 10.6 Å². The summed E-state index contributed by atoms with van der Waals surface area (Å²) < 4.78 is 5.39. The van der Waals surface area contributed by atoms with Gasteiger partial charge in [0.05, 0.1) is 11.0 Å². The summed E-state index contributed by atoms with van der Waals surface area (Å²) in [6.07, 6.45) is 3.14. The molecule has 0 aliphatic carbocycles. The number of amides is 1. The molecule has 1 heterocycles. The van der Waals surface area contributed by atoms with Crippen molar-refractivity contribution >= 4 is 17.3 Å². The van der Waals surface area contributed by atoms with Crippen LogP contribution in [0.3, 0.4) is 0 Å². The number of hydrogen-bond acceptors (Lipinski definition) is 6. The van der Waals surface area contributed by atoms with Crippen LogP contribution < -0.4 is 10.6 Å². The molecule has 0 saturated carbocycles. The molecule has 1 atom stereocenters. The van der Waals surface area contributed by atoms with Gasteiger partial charge in [0.2, 0.25) is 0 Å². The van der Waals surface area contributed by atoms with Gasteiger partial charge < -0.3 is 15.4 Å². The number of carbonyl (C=O) groups excluding carboxylic acids is 1. The van der Waals surface area contributed by atoms with Gasteiger partial charge in [-0.1, -0.05) is 0 Å². The fourth-order valence-corrected chi connectivity index (χ4v) is 2.09. The Kier molecular flexibility index (Phi) is 5.66. The van der Waals surface area contributed by atoms with Crippen molar-refractivity contribution in [1.29, 1.82) is 5.26 Å². The van der Waals surface area contributed by atoms with E-state index >= 15 is 0 Å². The van der Waals surface area contributed by atoms with E-state index in [9.17, 15) is 14.9 Å². The lowest BCUT2D eigenvalue weighted by molar-refractivity contribution is -0.384. The highest BCUT2D eigenvalue weighted by molar-refractivity contribution is 5.97. The number of benzene rings is 1. The molecule has 1 aliphatic rings. The van der Waals surface area contributed by atoms with E-state index in [1.807, 2.05) is 6.07 Å². The highest BCUT2D eigenvalue weighted by Crippen LogP contribution is 2.15. The molecule has 0 aromatic heterocycles. The third-order valence-corrected chi connectivity index (χ3v) is 3.34. The SMILES string of the molecule is N#C/C(=C/Nc1ccc([N+](=O)[O-])cc1)C(=O)NCC1CCCO1. The largest absolute Gasteiger partial charge is 0.376 e. The zero-order chi connectivity index (χ0) is 16.7. The van der Waals surface area contributed by atoms with Crippen LogP contribution in [0.25, 0.3) is 0 Å². The Balaban J connectivity index is 1.91. The molecule has 2 N–H and O–H groups in total. The second-order valence-corrected chi connectivity index (χ2v) is 4.96. The number of nitro benzene ring substituents is 1. The van der Waals surface area contributed by atoms with Crippen molar-refractivity contribution < 1.29 is 14.5 Å². The summed E-state index contributed by atoms with van der Waals surface area (Å²) in [6, 6.07) is 7.47. The average molecular weight is 316 g/mol. The van der Waals surface area contributed by atoms with E-state index < -0.39 is 10.8 Å². The van der Waals surface area contributed by atoms with Crippen LogP contribution in [0.15, 0.2) is 36.0 Å². The number of carbonyl (C=O) groups is 1. The van der Waals surface area contributed by atoms with Crippen LogP contribution in [0.2, 0.25) is 0 Å². The second kappa shape index (κ2) is 7.91. The molecule has 1 amide bonds. The zero-order valence-electron chi connectivity index (χ0n) is 12.3. The van der Waals surface area contributed by atoms with Crippen molar-refractivity contribution in [1.82, 2.24) is 5.32 Å². The maximum absolute atomic E-state index is 11.9. The number of nitrogens with one attached hydrogen (secondary N) is 2. The Hall–Kier alpha value is -2.92. The van der Waals surface area contributed by atoms with Crippen molar-refractivity contribution in [3.05, 3.63) is 46.2 Å². The molecule has 1 fully saturated rings. The Bertz CT molecular complexity index is 642. The Morgan fingerprint density at radius 3 is 2.78 bits per heavy atom. The molecule has 0 bridgehead atoms. The Morgan fingerprint density at radius 1 is 1.48 bits per heavy atom. The minimum atomic E-state index is -0.501. The fourth-order valence-electron chi connectivity index (χ4n) is 2.09. The predicted molar refractivity (Wildman–Crippen MR) is 82.4 cm³/mol. The van der Waals surface area contributed by atoms with E-state index in [1.165, 1.54) is 30.5 Å². The summed E-state index contributed by atoms with van der Waals surface area (Å²) in [5.74, 6) is -0.489. The average Bonchev–Trinajstić information content (AvgIpc) is 3.07. The number of nitriles is 1. The number of hydrogen-bond donors (Lipinski definition) is 2. The maximum atomic E-state index is 11.9. The molecular weight excluding hydrogens is 300 g/mol. The minimum Gasteiger partial charge on any atom is -0.376 e. The summed E-state index contributed by atoms with van der Waals surface area (Å²) in [4.78, 5) is 22.0. The number of ether oxygens (including phenoxy) is 1. The third-order valence-electron chi connectivity index (χ3n) is 3.34. The molecular formula is C15H16N4O4. The number of anilines is 1. The molecule has 1 aliphatic heterocycles. The topological polar surface area (TPSA) is 117 Å². The highest BCUT2D eigenvalue weighted by atomic mass is 16.6. The minimum absolute atomic E-state index is 0.00141. The summed E-state index contributed by atoms with van der Waals surface area (Å²) in [7, 11) is 0. The first kappa shape index (κ1) is 16.5. The normalized spacial score (nSPS) is 17.3. The van der Waals surface area contributed by atoms with Gasteiger partial charge in [-0.25, -0.2) is 0 Å². The quantitative estimate of drug-likeness (QED) is 0.357. The third kappa shape index (κ3) is 4.79. The fraction of sp³-hybridized carbons (Fsp3) is 0.333. The maximum Gasteiger partial charge on any atom is 0.269 e. The predicted octanol–water partition coefficient (Wildman–Crippen LogP) is 1.71. The van der Waals surface area contributed by atoms with Gasteiger partial charge in [-0.2, -0.15) is 5.26 Å². The van der Waals surface area contributed by atoms with Crippen LogP contribution in [0.4, 0.5) is 11.4 Å². The summed E-state index contributed by atoms with van der Waals surface area (Å²) in [5, 5.41) is 25.0. The Morgan fingerprint density at radius 2 is 2.22 bits per heavy atom. The van der Waals surface area contributed by atoms with Crippen LogP contribution in [-0.2, 0) is 9.53 Å². The highest BCUT2D eigenvalue weighted by Gasteiger charge is 2.17. The van der Waals surface area contributed by atoms with E-state index in [0.29, 0.717) is 18.8 Å². The van der Waals surface area contributed by atoms with Gasteiger partial charge in [0.15, 0.2) is 0 Å². The van der Waals surface area contributed by atoms with Crippen molar-refractivity contribution in [3.63, 3.8) is 0 Å². The van der Waals surface area contributed by atoms with Gasteiger partial charge in [-0.3, -0.25) is 14.9 Å². The van der Waals surface area contributed by atoms with E-state index in [0.717, 1.165) is 12.8 Å². The molecule has 1 unspecified atom stereocenters. The van der Waals surface area contributed by atoms with E-state index in [4.69, 9.17) is 10.00 Å². The van der Waals surface area contributed by atoms with Crippen molar-refractivity contribution in [3.8, 4) is 6.07 Å². The summed E-state index contributed by atoms with van der Waals surface area (Å²) >= 11 is 0. The van der Waals surface area contributed by atoms with Gasteiger partial charge in [-0.05, 0) is 25.0 Å². The molecule has 2 rings (SSSR count). The molecule has 8 nitrogen and oxygen atoms in total. The zero-order valence-corrected chi connectivity index (χ0v) is 12.3. The van der Waals surface area contributed by atoms with Crippen LogP contribution in [0.1, 0.15) is 12.8 Å². The number of nitrogens with zero attached hydrogens (tertiary/aromatic N) is 2. The molecule has 1 aromatic carbocycles. The lowest BCUT2D eigenvalue weighted by atomic mass is 10.2. The van der Waals surface area contributed by atoms with Gasteiger partial charge in [0.1, 0.15) is 11.6 Å². The monoisotopic (exact) mass is 316 g/mol. The number of non-ortho nitro benzene ring substituents is 1. The Labute approximate surface area is 132 Å². The van der Waals surface area contributed by atoms with Gasteiger partial charge in [0.25, 0.3) is 11.6 Å². The standard InChI is InChI=1S/C15H16N4O4/c16-8-11(15(20)18-10-14-2-1-7-23-14)9-17-12-3-5-13(6-4-12)19(21)22/h3-6,9,14,17H,1-2,7,10H2,(H,18,20)/b11-9-. The van der Waals surface area contributed by atoms with E-state index in [1.54, 1.807) is 0 Å². The van der Waals surface area contributed by atoms with E-state index in [-0.39, 0.29) is 17.4 Å². The first-order valence-electron chi connectivity index (χ1n) is 7.11. The smallest absolute Gasteiger partial charge is 0.269 e. The van der Waals surface area contributed by atoms with Gasteiger partial charge >= 0.3 is 0 Å². The summed E-state index contributed by atoms with van der Waals surface area (Å²) in [5.41, 5.74) is 0.422. The van der Waals surface area contributed by atoms with Crippen LogP contribution in [-0.4, -0.2) is 30.1 Å². The van der Waals surface area contributed by atoms with Crippen molar-refractivity contribution in [2.75, 3.05) is 18.5 Å². The molecule has 8 heteroatoms. The molecule has 23 heavy (non-hydrogen) atoms. The van der Waals surface area contributed by atoms with Gasteiger partial charge in [-0.15, -0.1) is 0 Å². The van der Waals surface area contributed by atoms with Crippen LogP contribution >= 0.6 is 0 Å². The second-order valence-electron chi connectivity index (χ2n) is 4.96. The van der Waals surface area contributed by atoms with Crippen molar-refractivity contribution in [2.24, 2.45) is 0 Å². The molecule has 1 saturated heterocycles. The number of nitro groups is 1. The first-order valence-corrected chi connectivity index (χ1v) is 7.11. The molecule has 1 aromatic rings. The first-order chi connectivity index (χ1) is 11.1. The molecule has 120 valence electrons. The lowest BCUT2D eigenvalue weighted by Crippen LogP contribution is -2.32. The summed E-state index contributed by atoms with van der Waals surface area (Å²) in [6.45, 7) is 1.07. The molecule has 0 radical (unpaired) electrons. The van der Waals surface area contributed by atoms with Crippen LogP contribution in [0.5, 0.6) is 0 Å². The van der Waals surface area contributed by atoms with Crippen LogP contribution in [0, 0.1) is 21.4 Å². The van der Waals surface area contributed by atoms with Crippen molar-refractivity contribution in [2.45, 2.75) is 18.9 Å². The van der Waals surface area contributed by atoms with Gasteiger partial charge in [0, 0.05) is 37.2 Å². The number of rotatable bonds is 6. The lowest BCUT2D eigenvalue weighted by Gasteiger charge is -2.10. The molecule has 0 spiro atoms.